The minimum absolute atomic E-state index is 0.0601. The van der Waals surface area contributed by atoms with Crippen molar-refractivity contribution in [3.63, 3.8) is 0 Å². The van der Waals surface area contributed by atoms with Gasteiger partial charge in [-0.3, -0.25) is 0 Å². The summed E-state index contributed by atoms with van der Waals surface area (Å²) in [6.45, 7) is -1.40. The minimum atomic E-state index is -4.44. The number of ether oxygens (including phenoxy) is 1. The van der Waals surface area contributed by atoms with E-state index in [4.69, 9.17) is 0 Å². The van der Waals surface area contributed by atoms with Crippen molar-refractivity contribution in [1.82, 2.24) is 20.6 Å². The van der Waals surface area contributed by atoms with Gasteiger partial charge in [0.25, 0.3) is 0 Å². The van der Waals surface area contributed by atoms with Crippen molar-refractivity contribution < 1.29 is 22.7 Å². The van der Waals surface area contributed by atoms with Crippen LogP contribution in [-0.4, -0.2) is 35.8 Å². The van der Waals surface area contributed by atoms with Gasteiger partial charge in [0.1, 0.15) is 0 Å². The molecular formula is C9H11F3N4O2. The molecule has 2 amide bonds. The van der Waals surface area contributed by atoms with E-state index in [9.17, 15) is 18.0 Å². The van der Waals surface area contributed by atoms with Gasteiger partial charge in [-0.25, -0.2) is 9.78 Å². The van der Waals surface area contributed by atoms with Gasteiger partial charge in [-0.2, -0.15) is 18.2 Å². The van der Waals surface area contributed by atoms with Crippen LogP contribution in [0.4, 0.5) is 18.0 Å². The van der Waals surface area contributed by atoms with Crippen LogP contribution < -0.4 is 15.4 Å². The largest absolute Gasteiger partial charge is 0.454 e. The van der Waals surface area contributed by atoms with Gasteiger partial charge in [-0.15, -0.1) is 0 Å². The number of rotatable bonds is 4. The maximum absolute atomic E-state index is 11.9. The molecule has 0 aliphatic carbocycles. The number of amides is 2. The molecule has 18 heavy (non-hydrogen) atoms. The molecule has 1 rings (SSSR count). The standard InChI is InChI=1S/C9H11F3N4O2/c1-13-7(17)15-4-6-2-3-14-8(16-6)18-5-9(10,11)12/h2-3H,4-5H2,1H3,(H2,13,15,17). The van der Waals surface area contributed by atoms with Crippen LogP contribution in [0.25, 0.3) is 0 Å². The molecule has 1 aromatic heterocycles. The molecule has 0 unspecified atom stereocenters. The first kappa shape index (κ1) is 14.0. The second-order valence-electron chi connectivity index (χ2n) is 3.17. The van der Waals surface area contributed by atoms with Gasteiger partial charge >= 0.3 is 18.2 Å². The van der Waals surface area contributed by atoms with Crippen LogP contribution in [0.1, 0.15) is 5.69 Å². The number of urea groups is 1. The quantitative estimate of drug-likeness (QED) is 0.845. The predicted molar refractivity (Wildman–Crippen MR) is 54.9 cm³/mol. The summed E-state index contributed by atoms with van der Waals surface area (Å²) in [7, 11) is 1.44. The third-order valence-electron chi connectivity index (χ3n) is 1.71. The third-order valence-corrected chi connectivity index (χ3v) is 1.71. The second kappa shape index (κ2) is 6.03. The lowest BCUT2D eigenvalue weighted by molar-refractivity contribution is -0.154. The molecule has 0 aliphatic rings. The molecule has 0 radical (unpaired) electrons. The van der Waals surface area contributed by atoms with Crippen LogP contribution in [0, 0.1) is 0 Å². The summed E-state index contributed by atoms with van der Waals surface area (Å²) in [5, 5.41) is 4.75. The summed E-state index contributed by atoms with van der Waals surface area (Å²) in [6, 6.07) is 0.644. The Balaban J connectivity index is 2.54. The van der Waals surface area contributed by atoms with E-state index in [0.29, 0.717) is 5.69 Å². The molecule has 0 saturated heterocycles. The van der Waals surface area contributed by atoms with E-state index in [-0.39, 0.29) is 12.6 Å². The van der Waals surface area contributed by atoms with Crippen molar-refractivity contribution in [2.24, 2.45) is 0 Å². The van der Waals surface area contributed by atoms with Gasteiger partial charge in [-0.05, 0) is 6.07 Å². The molecule has 0 spiro atoms. The maximum atomic E-state index is 11.9. The van der Waals surface area contributed by atoms with Crippen molar-refractivity contribution in [2.45, 2.75) is 12.7 Å². The fourth-order valence-electron chi connectivity index (χ4n) is 0.950. The van der Waals surface area contributed by atoms with Gasteiger partial charge in [0.2, 0.25) is 0 Å². The number of halogens is 3. The highest BCUT2D eigenvalue weighted by molar-refractivity contribution is 5.73. The molecule has 0 atom stereocenters. The van der Waals surface area contributed by atoms with E-state index in [1.165, 1.54) is 19.3 Å². The van der Waals surface area contributed by atoms with E-state index in [1.807, 2.05) is 0 Å². The minimum Gasteiger partial charge on any atom is -0.454 e. The zero-order valence-corrected chi connectivity index (χ0v) is 9.41. The Morgan fingerprint density at radius 2 is 2.22 bits per heavy atom. The van der Waals surface area contributed by atoms with Crippen molar-refractivity contribution in [2.75, 3.05) is 13.7 Å². The highest BCUT2D eigenvalue weighted by Gasteiger charge is 2.28. The summed E-state index contributed by atoms with van der Waals surface area (Å²) in [5.74, 6) is 0. The molecule has 1 heterocycles. The molecule has 0 aromatic carbocycles. The highest BCUT2D eigenvalue weighted by atomic mass is 19.4. The highest BCUT2D eigenvalue weighted by Crippen LogP contribution is 2.15. The molecule has 0 bridgehead atoms. The predicted octanol–water partition coefficient (Wildman–Crippen LogP) is 0.847. The number of nitrogens with zero attached hydrogens (tertiary/aromatic N) is 2. The second-order valence-corrected chi connectivity index (χ2v) is 3.17. The summed E-state index contributed by atoms with van der Waals surface area (Å²) >= 11 is 0. The smallest absolute Gasteiger partial charge is 0.422 e. The Morgan fingerprint density at radius 3 is 2.83 bits per heavy atom. The van der Waals surface area contributed by atoms with E-state index < -0.39 is 18.8 Å². The van der Waals surface area contributed by atoms with Gasteiger partial charge in [0, 0.05) is 13.2 Å². The first-order valence-electron chi connectivity index (χ1n) is 4.88. The van der Waals surface area contributed by atoms with E-state index >= 15 is 0 Å². The van der Waals surface area contributed by atoms with Gasteiger partial charge in [0.05, 0.1) is 12.2 Å². The fourth-order valence-corrected chi connectivity index (χ4v) is 0.950. The lowest BCUT2D eigenvalue weighted by Gasteiger charge is -2.08. The van der Waals surface area contributed by atoms with Gasteiger partial charge in [0.15, 0.2) is 6.61 Å². The first-order valence-corrected chi connectivity index (χ1v) is 4.88. The number of carbonyl (C=O) groups is 1. The van der Waals surface area contributed by atoms with Crippen LogP contribution in [0.15, 0.2) is 12.3 Å². The Morgan fingerprint density at radius 1 is 1.50 bits per heavy atom. The molecule has 1 aromatic rings. The molecule has 6 nitrogen and oxygen atoms in total. The van der Waals surface area contributed by atoms with E-state index in [1.54, 1.807) is 0 Å². The SMILES string of the molecule is CNC(=O)NCc1ccnc(OCC(F)(F)F)n1. The number of hydrogen-bond donors (Lipinski definition) is 2. The Hall–Kier alpha value is -2.06. The molecular weight excluding hydrogens is 253 g/mol. The number of aromatic nitrogens is 2. The Kier molecular flexibility index (Phi) is 4.69. The van der Waals surface area contributed by atoms with Crippen LogP contribution in [0.3, 0.4) is 0 Å². The molecule has 9 heteroatoms. The van der Waals surface area contributed by atoms with Crippen LogP contribution >= 0.6 is 0 Å². The number of hydrogen-bond acceptors (Lipinski definition) is 4. The van der Waals surface area contributed by atoms with Crippen LogP contribution in [0.5, 0.6) is 6.01 Å². The topological polar surface area (TPSA) is 76.1 Å². The van der Waals surface area contributed by atoms with Crippen molar-refractivity contribution >= 4 is 6.03 Å². The van der Waals surface area contributed by atoms with Crippen molar-refractivity contribution in [3.8, 4) is 6.01 Å². The molecule has 100 valence electrons. The van der Waals surface area contributed by atoms with Crippen LogP contribution in [0.2, 0.25) is 0 Å². The zero-order valence-electron chi connectivity index (χ0n) is 9.41. The van der Waals surface area contributed by atoms with Gasteiger partial charge in [-0.1, -0.05) is 0 Å². The fraction of sp³-hybridized carbons (Fsp3) is 0.444. The summed E-state index contributed by atoms with van der Waals surface area (Å²) in [6.07, 6.45) is -3.20. The average Bonchev–Trinajstić information content (AvgIpc) is 2.33. The van der Waals surface area contributed by atoms with Gasteiger partial charge < -0.3 is 15.4 Å². The zero-order chi connectivity index (χ0) is 13.6. The van der Waals surface area contributed by atoms with E-state index in [0.717, 1.165) is 0 Å². The number of nitrogens with one attached hydrogen (secondary N) is 2. The third kappa shape index (κ3) is 5.32. The normalized spacial score (nSPS) is 10.9. The lowest BCUT2D eigenvalue weighted by Crippen LogP contribution is -2.32. The van der Waals surface area contributed by atoms with Crippen molar-refractivity contribution in [1.29, 1.82) is 0 Å². The molecule has 0 fully saturated rings. The summed E-state index contributed by atoms with van der Waals surface area (Å²) < 4.78 is 40.1. The Labute approximate surface area is 101 Å². The average molecular weight is 264 g/mol. The molecule has 2 N–H and O–H groups in total. The van der Waals surface area contributed by atoms with E-state index in [2.05, 4.69) is 25.3 Å². The molecule has 0 aliphatic heterocycles. The summed E-state index contributed by atoms with van der Waals surface area (Å²) in [4.78, 5) is 18.1. The van der Waals surface area contributed by atoms with Crippen LogP contribution in [-0.2, 0) is 6.54 Å². The maximum Gasteiger partial charge on any atom is 0.422 e. The lowest BCUT2D eigenvalue weighted by atomic mass is 10.4. The monoisotopic (exact) mass is 264 g/mol. The molecule has 0 saturated carbocycles. The van der Waals surface area contributed by atoms with Crippen molar-refractivity contribution in [3.05, 3.63) is 18.0 Å². The summed E-state index contributed by atoms with van der Waals surface area (Å²) in [5.41, 5.74) is 0.339. The first-order chi connectivity index (χ1) is 8.40. The number of alkyl halides is 3. The Bertz CT molecular complexity index is 411. The number of carbonyl (C=O) groups excluding carboxylic acids is 1.